The molecule has 31 heavy (non-hydrogen) atoms. The molecule has 9 nitrogen and oxygen atoms in total. The molecule has 1 aliphatic heterocycles. The van der Waals surface area contributed by atoms with Crippen LogP contribution in [-0.4, -0.2) is 59.7 Å². The third kappa shape index (κ3) is 3.93. The average molecular weight is 440 g/mol. The number of hydrogen-bond donors (Lipinski definition) is 1. The molecule has 3 heterocycles. The van der Waals surface area contributed by atoms with Gasteiger partial charge in [-0.15, -0.1) is 0 Å². The van der Waals surface area contributed by atoms with Crippen molar-refractivity contribution in [3.63, 3.8) is 0 Å². The Kier molecular flexibility index (Phi) is 5.81. The Morgan fingerprint density at radius 3 is 2.77 bits per heavy atom. The summed E-state index contributed by atoms with van der Waals surface area (Å²) in [7, 11) is 1.50. The number of ether oxygens (including phenoxy) is 2. The smallest absolute Gasteiger partial charge is 0.359 e. The monoisotopic (exact) mass is 440 g/mol. The normalized spacial score (nSPS) is 15.2. The van der Waals surface area contributed by atoms with E-state index in [1.54, 1.807) is 47.0 Å². The van der Waals surface area contributed by atoms with Crippen LogP contribution in [0.5, 0.6) is 5.75 Å². The summed E-state index contributed by atoms with van der Waals surface area (Å²) in [5.41, 5.74) is 1.25. The average Bonchev–Trinajstić information content (AvgIpc) is 3.20. The van der Waals surface area contributed by atoms with Crippen molar-refractivity contribution in [1.82, 2.24) is 14.7 Å². The number of fused-ring (bicyclic) bond motifs is 2. The Bertz CT molecular complexity index is 1160. The van der Waals surface area contributed by atoms with E-state index in [1.165, 1.54) is 23.7 Å². The van der Waals surface area contributed by atoms with Crippen LogP contribution >= 0.6 is 11.8 Å². The Morgan fingerprint density at radius 2 is 2.00 bits per heavy atom. The highest BCUT2D eigenvalue weighted by Gasteiger charge is 2.33. The van der Waals surface area contributed by atoms with Crippen LogP contribution in [0, 0.1) is 0 Å². The quantitative estimate of drug-likeness (QED) is 0.476. The first kappa shape index (κ1) is 20.7. The number of esters is 1. The first-order valence-electron chi connectivity index (χ1n) is 9.49. The van der Waals surface area contributed by atoms with E-state index in [2.05, 4.69) is 10.3 Å². The third-order valence-corrected chi connectivity index (χ3v) is 5.49. The maximum atomic E-state index is 12.9. The highest BCUT2D eigenvalue weighted by Crippen LogP contribution is 2.33. The van der Waals surface area contributed by atoms with Crippen molar-refractivity contribution in [2.75, 3.05) is 31.4 Å². The molecule has 0 radical (unpaired) electrons. The van der Waals surface area contributed by atoms with Crippen LogP contribution in [0.2, 0.25) is 0 Å². The summed E-state index contributed by atoms with van der Waals surface area (Å²) in [6, 6.07) is 12.3. The van der Waals surface area contributed by atoms with Crippen LogP contribution in [0.1, 0.15) is 10.5 Å². The van der Waals surface area contributed by atoms with Gasteiger partial charge in [-0.3, -0.25) is 14.0 Å². The summed E-state index contributed by atoms with van der Waals surface area (Å²) in [5, 5.41) is 3.16. The summed E-state index contributed by atoms with van der Waals surface area (Å²) >= 11 is 1.40. The van der Waals surface area contributed by atoms with Gasteiger partial charge in [0, 0.05) is 13.2 Å². The van der Waals surface area contributed by atoms with Crippen LogP contribution in [0.15, 0.2) is 53.8 Å². The van der Waals surface area contributed by atoms with Gasteiger partial charge in [0.2, 0.25) is 0 Å². The number of para-hydroxylation sites is 2. The van der Waals surface area contributed by atoms with E-state index in [9.17, 15) is 14.4 Å². The van der Waals surface area contributed by atoms with Crippen LogP contribution in [-0.2, 0) is 14.3 Å². The van der Waals surface area contributed by atoms with Crippen molar-refractivity contribution in [1.29, 1.82) is 0 Å². The molecule has 0 spiro atoms. The zero-order valence-electron chi connectivity index (χ0n) is 16.9. The predicted octanol–water partition coefficient (Wildman–Crippen LogP) is 1.75. The number of hydrogen-bond acceptors (Lipinski definition) is 7. The fraction of sp³-hybridized carbons (Fsp3) is 0.238. The van der Waals surface area contributed by atoms with Gasteiger partial charge in [-0.2, -0.15) is 0 Å². The maximum Gasteiger partial charge on any atom is 0.359 e. The predicted molar refractivity (Wildman–Crippen MR) is 115 cm³/mol. The van der Waals surface area contributed by atoms with Gasteiger partial charge in [-0.05, 0) is 30.5 Å². The van der Waals surface area contributed by atoms with E-state index in [0.717, 1.165) is 0 Å². The molecule has 0 saturated carbocycles. The molecule has 0 bridgehead atoms. The Labute approximate surface area is 182 Å². The highest BCUT2D eigenvalue weighted by molar-refractivity contribution is 7.98. The van der Waals surface area contributed by atoms with E-state index >= 15 is 0 Å². The number of carbonyl (C=O) groups is 3. The number of aromatic nitrogens is 2. The molecule has 1 unspecified atom stereocenters. The number of benzene rings is 1. The van der Waals surface area contributed by atoms with E-state index in [-0.39, 0.29) is 18.1 Å². The van der Waals surface area contributed by atoms with Crippen LogP contribution in [0.25, 0.3) is 5.52 Å². The molecule has 1 aliphatic rings. The number of nitrogens with one attached hydrogen (secondary N) is 1. The third-order valence-electron chi connectivity index (χ3n) is 4.83. The number of imidazole rings is 1. The molecule has 160 valence electrons. The van der Waals surface area contributed by atoms with Crippen molar-refractivity contribution >= 4 is 40.7 Å². The molecular formula is C21H20N4O5S. The van der Waals surface area contributed by atoms with Gasteiger partial charge in [0.15, 0.2) is 23.6 Å². The summed E-state index contributed by atoms with van der Waals surface area (Å²) in [4.78, 5) is 43.4. The lowest BCUT2D eigenvalue weighted by Gasteiger charge is -2.33. The number of nitrogens with zero attached hydrogens (tertiary/aromatic N) is 3. The first-order valence-corrected chi connectivity index (χ1v) is 10.7. The first-order chi connectivity index (χ1) is 15.0. The minimum atomic E-state index is -0.860. The summed E-state index contributed by atoms with van der Waals surface area (Å²) in [6.45, 7) is -0.481. The number of carbonyl (C=O) groups excluding carboxylic acids is 3. The van der Waals surface area contributed by atoms with Gasteiger partial charge in [-0.25, -0.2) is 9.78 Å². The molecule has 2 amide bonds. The molecule has 10 heteroatoms. The second kappa shape index (κ2) is 8.68. The van der Waals surface area contributed by atoms with Crippen LogP contribution in [0.3, 0.4) is 0 Å². The molecule has 1 atom stereocenters. The van der Waals surface area contributed by atoms with Gasteiger partial charge in [0.05, 0.1) is 17.7 Å². The SMILES string of the molecule is CNC(=O)C1CN(C(=O)COC(=O)c2nc(SC)n3ccccc23)c2ccccc2O1. The minimum Gasteiger partial charge on any atom is -0.477 e. The maximum absolute atomic E-state index is 12.9. The number of rotatable bonds is 5. The lowest BCUT2D eigenvalue weighted by Crippen LogP contribution is -2.51. The molecule has 0 fully saturated rings. The molecule has 1 N–H and O–H groups in total. The number of pyridine rings is 1. The molecular weight excluding hydrogens is 420 g/mol. The van der Waals surface area contributed by atoms with Gasteiger partial charge in [-0.1, -0.05) is 30.0 Å². The standard InChI is InChI=1S/C21H20N4O5S/c1-22-19(27)16-11-25(13-7-3-4-9-15(13)30-16)17(26)12-29-20(28)18-14-8-5-6-10-24(14)21(23-18)31-2/h3-10,16H,11-12H2,1-2H3,(H,22,27). The zero-order chi connectivity index (χ0) is 22.0. The van der Waals surface area contributed by atoms with E-state index < -0.39 is 24.6 Å². The van der Waals surface area contributed by atoms with Crippen molar-refractivity contribution < 1.29 is 23.9 Å². The Balaban J connectivity index is 1.52. The summed E-state index contributed by atoms with van der Waals surface area (Å²) in [5.74, 6) is -1.10. The second-order valence-electron chi connectivity index (χ2n) is 6.67. The Morgan fingerprint density at radius 1 is 1.23 bits per heavy atom. The van der Waals surface area contributed by atoms with E-state index in [4.69, 9.17) is 9.47 Å². The lowest BCUT2D eigenvalue weighted by molar-refractivity contribution is -0.128. The van der Waals surface area contributed by atoms with Crippen molar-refractivity contribution in [3.8, 4) is 5.75 Å². The van der Waals surface area contributed by atoms with Crippen molar-refractivity contribution in [2.24, 2.45) is 0 Å². The molecule has 0 aliphatic carbocycles. The van der Waals surface area contributed by atoms with Gasteiger partial charge < -0.3 is 19.7 Å². The van der Waals surface area contributed by atoms with E-state index in [0.29, 0.717) is 22.1 Å². The molecule has 0 saturated heterocycles. The molecule has 4 rings (SSSR count). The largest absolute Gasteiger partial charge is 0.477 e. The number of likely N-dealkylation sites (N-methyl/N-ethyl adjacent to an activating group) is 1. The summed E-state index contributed by atoms with van der Waals surface area (Å²) < 4.78 is 12.8. The zero-order valence-corrected chi connectivity index (χ0v) is 17.7. The summed E-state index contributed by atoms with van der Waals surface area (Å²) in [6.07, 6.45) is 2.81. The fourth-order valence-electron chi connectivity index (χ4n) is 3.35. The van der Waals surface area contributed by atoms with Gasteiger partial charge >= 0.3 is 5.97 Å². The molecule has 1 aromatic carbocycles. The lowest BCUT2D eigenvalue weighted by atomic mass is 10.1. The molecule has 3 aromatic rings. The van der Waals surface area contributed by atoms with Gasteiger partial charge in [0.25, 0.3) is 11.8 Å². The topological polar surface area (TPSA) is 102 Å². The number of anilines is 1. The van der Waals surface area contributed by atoms with Crippen LogP contribution in [0.4, 0.5) is 5.69 Å². The number of thioether (sulfide) groups is 1. The number of amides is 2. The molecule has 2 aromatic heterocycles. The van der Waals surface area contributed by atoms with Gasteiger partial charge in [0.1, 0.15) is 5.75 Å². The van der Waals surface area contributed by atoms with Crippen molar-refractivity contribution in [2.45, 2.75) is 11.3 Å². The highest BCUT2D eigenvalue weighted by atomic mass is 32.2. The second-order valence-corrected chi connectivity index (χ2v) is 7.45. The fourth-order valence-corrected chi connectivity index (χ4v) is 3.88. The Hall–Kier alpha value is -3.53. The van der Waals surface area contributed by atoms with Crippen molar-refractivity contribution in [3.05, 3.63) is 54.4 Å². The van der Waals surface area contributed by atoms with E-state index in [1.807, 2.05) is 12.3 Å². The minimum absolute atomic E-state index is 0.0110. The van der Waals surface area contributed by atoms with Crippen LogP contribution < -0.4 is 15.0 Å².